The Hall–Kier alpha value is -1.91. The maximum absolute atomic E-state index is 13.3. The molecule has 1 aromatic carbocycles. The SMILES string of the molecule is COC(=O)c1ccc(C2=CC[C@]3(C)[C@H]4CC[C@@H]5C6=C(C(C)C)C(=O)C[C@]6(N)CC[C@@]5(C)[C@]4(C)CC[C@H]3C2(C)C)cc1.Cl. The van der Waals surface area contributed by atoms with Crippen molar-refractivity contribution in [1.29, 1.82) is 0 Å². The van der Waals surface area contributed by atoms with Crippen molar-refractivity contribution in [1.82, 2.24) is 0 Å². The summed E-state index contributed by atoms with van der Waals surface area (Å²) in [7, 11) is 1.43. The number of methoxy groups -OCH3 is 1. The fraction of sp³-hybridized carbons (Fsp3) is 0.676. The molecule has 0 amide bonds. The summed E-state index contributed by atoms with van der Waals surface area (Å²) < 4.78 is 4.92. The summed E-state index contributed by atoms with van der Waals surface area (Å²) in [4.78, 5) is 25.3. The van der Waals surface area contributed by atoms with Gasteiger partial charge in [0.25, 0.3) is 0 Å². The van der Waals surface area contributed by atoms with E-state index >= 15 is 0 Å². The quantitative estimate of drug-likeness (QED) is 0.356. The molecule has 42 heavy (non-hydrogen) atoms. The Kier molecular flexibility index (Phi) is 7.55. The van der Waals surface area contributed by atoms with Crippen molar-refractivity contribution in [3.63, 3.8) is 0 Å². The molecule has 6 rings (SSSR count). The Morgan fingerprint density at radius 3 is 2.21 bits per heavy atom. The predicted octanol–water partition coefficient (Wildman–Crippen LogP) is 8.58. The first-order chi connectivity index (χ1) is 19.1. The van der Waals surface area contributed by atoms with Crippen LogP contribution < -0.4 is 5.73 Å². The van der Waals surface area contributed by atoms with Crippen molar-refractivity contribution in [2.24, 2.45) is 51.1 Å². The third kappa shape index (κ3) is 4.03. The number of hydrogen-bond donors (Lipinski definition) is 1. The normalized spacial score (nSPS) is 40.3. The molecule has 0 saturated heterocycles. The maximum atomic E-state index is 13.3. The second kappa shape index (κ2) is 10.1. The Labute approximate surface area is 259 Å². The number of rotatable bonds is 3. The lowest BCUT2D eigenvalue weighted by Gasteiger charge is -2.71. The van der Waals surface area contributed by atoms with Crippen LogP contribution in [0.5, 0.6) is 0 Å². The largest absolute Gasteiger partial charge is 0.465 e. The number of esters is 1. The summed E-state index contributed by atoms with van der Waals surface area (Å²) in [6.45, 7) is 17.1. The van der Waals surface area contributed by atoms with Gasteiger partial charge in [-0.2, -0.15) is 0 Å². The molecular formula is C37H52ClNO3. The molecule has 3 fully saturated rings. The molecule has 5 heteroatoms. The molecule has 0 aliphatic heterocycles. The molecule has 7 atom stereocenters. The number of hydrogen-bond acceptors (Lipinski definition) is 4. The molecule has 0 spiro atoms. The van der Waals surface area contributed by atoms with Crippen molar-refractivity contribution >= 4 is 29.7 Å². The summed E-state index contributed by atoms with van der Waals surface area (Å²) in [6.07, 6.45) is 11.0. The number of carbonyl (C=O) groups is 2. The van der Waals surface area contributed by atoms with E-state index < -0.39 is 5.54 Å². The lowest BCUT2D eigenvalue weighted by Crippen LogP contribution is -2.65. The topological polar surface area (TPSA) is 69.4 Å². The zero-order chi connectivity index (χ0) is 29.8. The molecule has 0 unspecified atom stereocenters. The van der Waals surface area contributed by atoms with E-state index in [0.717, 1.165) is 31.3 Å². The molecule has 2 N–H and O–H groups in total. The standard InChI is InChI=1S/C37H51NO3.ClH/c1-22(2)30-27(39)21-37(38)20-19-35(6)26(31(30)37)13-14-29-34(5)17-15-25(23-9-11-24(12-10-23)32(40)41-8)33(3,4)28(34)16-18-36(29,35)7;/h9-12,15,22,26,28-29H,13-14,16-21,38H2,1-8H3;1H/t26-,28+,29-,34+,35-,36-,37-;/m1./s1. The first-order valence-electron chi connectivity index (χ1n) is 16.1. The van der Waals surface area contributed by atoms with Gasteiger partial charge in [-0.15, -0.1) is 12.4 Å². The molecule has 4 nitrogen and oxygen atoms in total. The number of ketones is 1. The number of fused-ring (bicyclic) bond motifs is 7. The van der Waals surface area contributed by atoms with Crippen molar-refractivity contribution in [2.75, 3.05) is 7.11 Å². The van der Waals surface area contributed by atoms with Crippen LogP contribution in [-0.2, 0) is 9.53 Å². The van der Waals surface area contributed by atoms with E-state index in [1.165, 1.54) is 43.1 Å². The summed E-state index contributed by atoms with van der Waals surface area (Å²) in [5, 5.41) is 0. The Balaban J connectivity index is 0.00000353. The third-order valence-electron chi connectivity index (χ3n) is 13.7. The van der Waals surface area contributed by atoms with Crippen LogP contribution in [0.1, 0.15) is 116 Å². The van der Waals surface area contributed by atoms with Gasteiger partial charge in [-0.25, -0.2) is 4.79 Å². The molecular weight excluding hydrogens is 542 g/mol. The monoisotopic (exact) mass is 593 g/mol. The van der Waals surface area contributed by atoms with Gasteiger partial charge in [0, 0.05) is 12.0 Å². The number of nitrogens with two attached hydrogens (primary N) is 1. The smallest absolute Gasteiger partial charge is 0.337 e. The predicted molar refractivity (Wildman–Crippen MR) is 172 cm³/mol. The number of ether oxygens (including phenoxy) is 1. The number of carbonyl (C=O) groups excluding carboxylic acids is 2. The van der Waals surface area contributed by atoms with Crippen molar-refractivity contribution < 1.29 is 14.3 Å². The molecule has 0 bridgehead atoms. The molecule has 3 saturated carbocycles. The molecule has 0 radical (unpaired) electrons. The van der Waals surface area contributed by atoms with Crippen LogP contribution in [0.4, 0.5) is 0 Å². The third-order valence-corrected chi connectivity index (χ3v) is 13.7. The van der Waals surface area contributed by atoms with Crippen LogP contribution in [0, 0.1) is 45.3 Å². The first kappa shape index (κ1) is 31.5. The van der Waals surface area contributed by atoms with E-state index in [1.807, 2.05) is 12.1 Å². The number of halogens is 1. The van der Waals surface area contributed by atoms with Gasteiger partial charge in [0.15, 0.2) is 5.78 Å². The highest BCUT2D eigenvalue weighted by molar-refractivity contribution is 6.01. The summed E-state index contributed by atoms with van der Waals surface area (Å²) in [6, 6.07) is 8.01. The Morgan fingerprint density at radius 2 is 1.60 bits per heavy atom. The molecule has 230 valence electrons. The minimum atomic E-state index is -0.418. The molecule has 5 aliphatic rings. The summed E-state index contributed by atoms with van der Waals surface area (Å²) in [5.74, 6) is 1.92. The highest BCUT2D eigenvalue weighted by Crippen LogP contribution is 2.75. The second-order valence-corrected chi connectivity index (χ2v) is 16.0. The Bertz CT molecular complexity index is 1360. The first-order valence-corrected chi connectivity index (χ1v) is 16.1. The molecule has 5 aliphatic carbocycles. The second-order valence-electron chi connectivity index (χ2n) is 16.0. The highest BCUT2D eigenvalue weighted by Gasteiger charge is 2.69. The van der Waals surface area contributed by atoms with Gasteiger partial charge >= 0.3 is 5.97 Å². The lowest BCUT2D eigenvalue weighted by atomic mass is 9.33. The molecule has 1 aromatic rings. The lowest BCUT2D eigenvalue weighted by molar-refractivity contribution is -0.193. The van der Waals surface area contributed by atoms with Crippen molar-refractivity contribution in [3.8, 4) is 0 Å². The van der Waals surface area contributed by atoms with Gasteiger partial charge < -0.3 is 10.5 Å². The van der Waals surface area contributed by atoms with E-state index in [9.17, 15) is 9.59 Å². The van der Waals surface area contributed by atoms with Crippen LogP contribution in [0.25, 0.3) is 5.57 Å². The average molecular weight is 594 g/mol. The Morgan fingerprint density at radius 1 is 0.929 bits per heavy atom. The van der Waals surface area contributed by atoms with Crippen LogP contribution in [0.3, 0.4) is 0 Å². The highest BCUT2D eigenvalue weighted by atomic mass is 35.5. The van der Waals surface area contributed by atoms with E-state index in [0.29, 0.717) is 35.5 Å². The fourth-order valence-corrected chi connectivity index (χ4v) is 11.6. The van der Waals surface area contributed by atoms with Gasteiger partial charge in [-0.1, -0.05) is 66.7 Å². The summed E-state index contributed by atoms with van der Waals surface area (Å²) in [5.41, 5.74) is 13.0. The van der Waals surface area contributed by atoms with Gasteiger partial charge in [0.2, 0.25) is 0 Å². The van der Waals surface area contributed by atoms with E-state index in [1.54, 1.807) is 0 Å². The number of Topliss-reactive ketones (excluding diaryl/α,β-unsaturated/α-hetero) is 1. The molecule has 0 heterocycles. The number of allylic oxidation sites excluding steroid dienone is 3. The fourth-order valence-electron chi connectivity index (χ4n) is 11.6. The van der Waals surface area contributed by atoms with Crippen LogP contribution >= 0.6 is 12.4 Å². The van der Waals surface area contributed by atoms with Crippen molar-refractivity contribution in [2.45, 2.75) is 105 Å². The van der Waals surface area contributed by atoms with Gasteiger partial charge in [0.05, 0.1) is 12.7 Å². The zero-order valence-corrected chi connectivity index (χ0v) is 27.9. The maximum Gasteiger partial charge on any atom is 0.337 e. The van der Waals surface area contributed by atoms with Gasteiger partial charge in [0.1, 0.15) is 0 Å². The number of benzene rings is 1. The van der Waals surface area contributed by atoms with E-state index in [-0.39, 0.29) is 46.0 Å². The minimum Gasteiger partial charge on any atom is -0.465 e. The van der Waals surface area contributed by atoms with Crippen molar-refractivity contribution in [3.05, 3.63) is 52.6 Å². The van der Waals surface area contributed by atoms with E-state index in [4.69, 9.17) is 10.5 Å². The average Bonchev–Trinajstić information content (AvgIpc) is 3.19. The molecule has 0 aromatic heterocycles. The zero-order valence-electron chi connectivity index (χ0n) is 27.1. The summed E-state index contributed by atoms with van der Waals surface area (Å²) >= 11 is 0. The van der Waals surface area contributed by atoms with Crippen LogP contribution in [0.2, 0.25) is 0 Å². The van der Waals surface area contributed by atoms with E-state index in [2.05, 4.69) is 66.7 Å². The van der Waals surface area contributed by atoms with Gasteiger partial charge in [-0.3, -0.25) is 4.79 Å². The van der Waals surface area contributed by atoms with Gasteiger partial charge in [-0.05, 0) is 125 Å². The van der Waals surface area contributed by atoms with Crippen LogP contribution in [0.15, 0.2) is 41.5 Å². The minimum absolute atomic E-state index is 0. The van der Waals surface area contributed by atoms with Crippen LogP contribution in [-0.4, -0.2) is 24.4 Å².